The van der Waals surface area contributed by atoms with Crippen LogP contribution in [0.15, 0.2) is 86.5 Å². The Hall–Kier alpha value is -4.55. The van der Waals surface area contributed by atoms with Crippen molar-refractivity contribution in [2.75, 3.05) is 13.1 Å². The van der Waals surface area contributed by atoms with Crippen LogP contribution in [0, 0.1) is 0 Å². The molecule has 2 aromatic carbocycles. The van der Waals surface area contributed by atoms with E-state index in [1.807, 2.05) is 0 Å². The molecule has 0 spiro atoms. The molecule has 1 atom stereocenters. The lowest BCUT2D eigenvalue weighted by Gasteiger charge is -2.50. The number of nitrogens with one attached hydrogen (secondary N) is 2. The summed E-state index contributed by atoms with van der Waals surface area (Å²) in [6.45, 7) is 10.3. The van der Waals surface area contributed by atoms with Crippen molar-refractivity contribution in [2.24, 2.45) is 0 Å². The molecule has 1 aliphatic rings. The highest BCUT2D eigenvalue weighted by atomic mass is 19.4. The topological polar surface area (TPSA) is 117 Å². The third-order valence-electron chi connectivity index (χ3n) is 7.42. The van der Waals surface area contributed by atoms with Gasteiger partial charge in [0.05, 0.1) is 17.2 Å². The number of carbonyl (C=O) groups is 2. The standard InChI is InChI=1S/C32H34F3N5O4/c1-4-12-40(13-5-2)25-15-31(16-25,39-29(42)24-18-36-20-37-19-24)30(43)38-17-22-6-9-26(10-7-22)44-28-11-8-23(21(3)41)14-27(28)32(33,34)35/h4-11,14,18-21,25,41H,1-2,12-13,15-17H2,3H3,(H,38,43)(H,39,42). The number of hydrogen-bond acceptors (Lipinski definition) is 7. The number of nitrogens with zero attached hydrogens (tertiary/aromatic N) is 3. The van der Waals surface area contributed by atoms with E-state index in [1.165, 1.54) is 49.9 Å². The van der Waals surface area contributed by atoms with Crippen molar-refractivity contribution in [1.82, 2.24) is 25.5 Å². The summed E-state index contributed by atoms with van der Waals surface area (Å²) in [4.78, 5) is 36.4. The smallest absolute Gasteiger partial charge is 0.419 e. The van der Waals surface area contributed by atoms with Crippen molar-refractivity contribution in [2.45, 2.75) is 50.2 Å². The van der Waals surface area contributed by atoms with E-state index >= 15 is 0 Å². The zero-order chi connectivity index (χ0) is 31.9. The number of benzene rings is 2. The lowest BCUT2D eigenvalue weighted by molar-refractivity contribution is -0.138. The minimum Gasteiger partial charge on any atom is -0.457 e. The van der Waals surface area contributed by atoms with E-state index < -0.39 is 35.0 Å². The molecule has 1 unspecified atom stereocenters. The molecule has 3 N–H and O–H groups in total. The lowest BCUT2D eigenvalue weighted by atomic mass is 9.70. The summed E-state index contributed by atoms with van der Waals surface area (Å²) in [5, 5.41) is 15.4. The van der Waals surface area contributed by atoms with Crippen molar-refractivity contribution in [1.29, 1.82) is 0 Å². The molecule has 44 heavy (non-hydrogen) atoms. The predicted molar refractivity (Wildman–Crippen MR) is 158 cm³/mol. The molecule has 1 heterocycles. The molecule has 3 aromatic rings. The Bertz CT molecular complexity index is 1460. The monoisotopic (exact) mass is 609 g/mol. The van der Waals surface area contributed by atoms with Crippen LogP contribution in [0.25, 0.3) is 0 Å². The Morgan fingerprint density at radius 3 is 2.32 bits per heavy atom. The number of halogens is 3. The first-order chi connectivity index (χ1) is 21.0. The number of alkyl halides is 3. The average Bonchev–Trinajstić information content (AvgIpc) is 2.98. The fourth-order valence-electron chi connectivity index (χ4n) is 5.03. The number of aliphatic hydroxyl groups is 1. The number of amides is 2. The summed E-state index contributed by atoms with van der Waals surface area (Å²) >= 11 is 0. The maximum Gasteiger partial charge on any atom is 0.419 e. The molecule has 0 bridgehead atoms. The summed E-state index contributed by atoms with van der Waals surface area (Å²) in [6, 6.07) is 9.67. The Morgan fingerprint density at radius 2 is 1.75 bits per heavy atom. The number of aliphatic hydroxyl groups excluding tert-OH is 1. The lowest BCUT2D eigenvalue weighted by Crippen LogP contribution is -2.70. The van der Waals surface area contributed by atoms with Gasteiger partial charge in [-0.15, -0.1) is 13.2 Å². The molecule has 0 saturated heterocycles. The van der Waals surface area contributed by atoms with Crippen LogP contribution in [-0.4, -0.2) is 56.5 Å². The largest absolute Gasteiger partial charge is 0.457 e. The van der Waals surface area contributed by atoms with Crippen LogP contribution in [-0.2, 0) is 17.5 Å². The molecule has 9 nitrogen and oxygen atoms in total. The maximum atomic E-state index is 13.6. The molecule has 4 rings (SSSR count). The van der Waals surface area contributed by atoms with Crippen LogP contribution in [0.2, 0.25) is 0 Å². The van der Waals surface area contributed by atoms with Gasteiger partial charge in [-0.25, -0.2) is 9.97 Å². The Balaban J connectivity index is 1.44. The van der Waals surface area contributed by atoms with Gasteiger partial charge in [0.25, 0.3) is 5.91 Å². The molecule has 0 radical (unpaired) electrons. The maximum absolute atomic E-state index is 13.6. The third-order valence-corrected chi connectivity index (χ3v) is 7.42. The highest BCUT2D eigenvalue weighted by Gasteiger charge is 2.52. The van der Waals surface area contributed by atoms with Crippen LogP contribution in [0.5, 0.6) is 11.5 Å². The summed E-state index contributed by atoms with van der Waals surface area (Å²) in [6.07, 6.45) is 2.56. The van der Waals surface area contributed by atoms with Crippen LogP contribution in [0.4, 0.5) is 13.2 Å². The van der Waals surface area contributed by atoms with Gasteiger partial charge in [-0.2, -0.15) is 13.2 Å². The zero-order valence-corrected chi connectivity index (χ0v) is 24.2. The van der Waals surface area contributed by atoms with Crippen LogP contribution in [0.1, 0.15) is 52.9 Å². The van der Waals surface area contributed by atoms with Gasteiger partial charge < -0.3 is 20.5 Å². The molecule has 1 saturated carbocycles. The van der Waals surface area contributed by atoms with Crippen molar-refractivity contribution < 1.29 is 32.6 Å². The number of hydrogen-bond donors (Lipinski definition) is 3. The summed E-state index contributed by atoms with van der Waals surface area (Å²) in [5.74, 6) is -1.08. The van der Waals surface area contributed by atoms with Gasteiger partial charge in [0, 0.05) is 38.1 Å². The Morgan fingerprint density at radius 1 is 1.11 bits per heavy atom. The van der Waals surface area contributed by atoms with Gasteiger partial charge in [0.2, 0.25) is 5.91 Å². The molecular weight excluding hydrogens is 575 g/mol. The average molecular weight is 610 g/mol. The van der Waals surface area contributed by atoms with E-state index in [9.17, 15) is 27.9 Å². The van der Waals surface area contributed by atoms with E-state index in [4.69, 9.17) is 4.74 Å². The predicted octanol–water partition coefficient (Wildman–Crippen LogP) is 4.96. The highest BCUT2D eigenvalue weighted by molar-refractivity contribution is 5.99. The summed E-state index contributed by atoms with van der Waals surface area (Å²) < 4.78 is 46.4. The Labute approximate surface area is 253 Å². The third kappa shape index (κ3) is 7.69. The number of aromatic nitrogens is 2. The van der Waals surface area contributed by atoms with Crippen molar-refractivity contribution in [3.63, 3.8) is 0 Å². The highest BCUT2D eigenvalue weighted by Crippen LogP contribution is 2.40. The molecule has 1 fully saturated rings. The molecule has 1 aromatic heterocycles. The minimum absolute atomic E-state index is 0.0109. The van der Waals surface area contributed by atoms with E-state index in [0.29, 0.717) is 31.5 Å². The second kappa shape index (κ2) is 13.8. The first-order valence-electron chi connectivity index (χ1n) is 13.9. The van der Waals surface area contributed by atoms with E-state index in [1.54, 1.807) is 24.3 Å². The Kier molecular flexibility index (Phi) is 10.2. The van der Waals surface area contributed by atoms with Crippen LogP contribution < -0.4 is 15.4 Å². The first-order valence-corrected chi connectivity index (χ1v) is 13.9. The molecule has 2 amide bonds. The van der Waals surface area contributed by atoms with Gasteiger partial charge in [-0.05, 0) is 55.2 Å². The molecular formula is C32H34F3N5O4. The number of ether oxygens (including phenoxy) is 1. The summed E-state index contributed by atoms with van der Waals surface area (Å²) in [7, 11) is 0. The van der Waals surface area contributed by atoms with E-state index in [2.05, 4.69) is 38.7 Å². The van der Waals surface area contributed by atoms with Gasteiger partial charge in [-0.3, -0.25) is 14.5 Å². The number of carbonyl (C=O) groups excluding carboxylic acids is 2. The first kappa shape index (κ1) is 32.4. The number of rotatable bonds is 13. The van der Waals surface area contributed by atoms with Gasteiger partial charge >= 0.3 is 6.18 Å². The van der Waals surface area contributed by atoms with Crippen molar-refractivity contribution in [3.05, 3.63) is 109 Å². The van der Waals surface area contributed by atoms with Crippen molar-refractivity contribution in [3.8, 4) is 11.5 Å². The second-order valence-corrected chi connectivity index (χ2v) is 10.6. The molecule has 232 valence electrons. The fourth-order valence-corrected chi connectivity index (χ4v) is 5.03. The molecule has 12 heteroatoms. The van der Waals surface area contributed by atoms with Gasteiger partial charge in [-0.1, -0.05) is 30.4 Å². The fraction of sp³-hybridized carbons (Fsp3) is 0.312. The minimum atomic E-state index is -4.68. The zero-order valence-electron chi connectivity index (χ0n) is 24.2. The molecule has 1 aliphatic carbocycles. The van der Waals surface area contributed by atoms with E-state index in [0.717, 1.165) is 6.07 Å². The van der Waals surface area contributed by atoms with Crippen LogP contribution in [0.3, 0.4) is 0 Å². The van der Waals surface area contributed by atoms with Gasteiger partial charge in [0.1, 0.15) is 23.4 Å². The second-order valence-electron chi connectivity index (χ2n) is 10.6. The van der Waals surface area contributed by atoms with Crippen LogP contribution >= 0.6 is 0 Å². The quantitative estimate of drug-likeness (QED) is 0.235. The van der Waals surface area contributed by atoms with Crippen molar-refractivity contribution >= 4 is 11.8 Å². The SMILES string of the molecule is C=CCN(CC=C)C1CC(NC(=O)c2cncnc2)(C(=O)NCc2ccc(Oc3ccc(C(C)O)cc3C(F)(F)F)cc2)C1. The normalized spacial score (nSPS) is 18.5. The summed E-state index contributed by atoms with van der Waals surface area (Å²) in [5.41, 5.74) is -1.16. The molecule has 0 aliphatic heterocycles. The van der Waals surface area contributed by atoms with Gasteiger partial charge in [0.15, 0.2) is 0 Å². The van der Waals surface area contributed by atoms with E-state index in [-0.39, 0.29) is 35.4 Å².